The van der Waals surface area contributed by atoms with Crippen LogP contribution >= 0.6 is 15.9 Å². The molecule has 0 bridgehead atoms. The van der Waals surface area contributed by atoms with Crippen LogP contribution in [0.1, 0.15) is 0 Å². The Morgan fingerprint density at radius 3 is 2.80 bits per heavy atom. The number of nitrogens with zero attached hydrogens (tertiary/aromatic N) is 1. The van der Waals surface area contributed by atoms with Crippen molar-refractivity contribution in [1.29, 1.82) is 0 Å². The summed E-state index contributed by atoms with van der Waals surface area (Å²) in [5.41, 5.74) is 5.38. The van der Waals surface area contributed by atoms with Crippen LogP contribution in [-0.2, 0) is 4.74 Å². The van der Waals surface area contributed by atoms with Crippen LogP contribution in [0.15, 0.2) is 33.7 Å². The number of ether oxygens (including phenoxy) is 2. The highest BCUT2D eigenvalue weighted by atomic mass is 79.9. The highest BCUT2D eigenvalue weighted by Crippen LogP contribution is 2.16. The summed E-state index contributed by atoms with van der Waals surface area (Å²) < 4.78 is 11.6. The van der Waals surface area contributed by atoms with E-state index in [9.17, 15) is 0 Å². The Bertz CT molecular complexity index is 364. The second-order valence-corrected chi connectivity index (χ2v) is 4.11. The predicted molar refractivity (Wildman–Crippen MR) is 61.0 cm³/mol. The van der Waals surface area contributed by atoms with Gasteiger partial charge in [0.1, 0.15) is 25.0 Å². The molecule has 0 spiro atoms. The molecule has 1 aliphatic heterocycles. The topological polar surface area (TPSA) is 56.8 Å². The molecule has 0 fully saturated rings. The van der Waals surface area contributed by atoms with Crippen LogP contribution in [-0.4, -0.2) is 25.3 Å². The zero-order valence-electron chi connectivity index (χ0n) is 8.02. The van der Waals surface area contributed by atoms with Crippen LogP contribution in [0.4, 0.5) is 0 Å². The predicted octanol–water partition coefficient (Wildman–Crippen LogP) is 1.54. The average molecular weight is 271 g/mol. The van der Waals surface area contributed by atoms with Gasteiger partial charge in [-0.1, -0.05) is 15.9 Å². The summed E-state index contributed by atoms with van der Waals surface area (Å²) in [5.74, 6) is 0.818. The number of rotatable bonds is 3. The highest BCUT2D eigenvalue weighted by molar-refractivity contribution is 9.10. The maximum Gasteiger partial charge on any atom is 0.282 e. The van der Waals surface area contributed by atoms with E-state index in [0.29, 0.717) is 13.2 Å². The lowest BCUT2D eigenvalue weighted by atomic mass is 10.3. The molecule has 1 aromatic rings. The fourth-order valence-corrected chi connectivity index (χ4v) is 1.51. The first-order chi connectivity index (χ1) is 7.24. The van der Waals surface area contributed by atoms with E-state index in [1.165, 1.54) is 0 Å². The molecular weight excluding hydrogens is 260 g/mol. The molecule has 15 heavy (non-hydrogen) atoms. The highest BCUT2D eigenvalue weighted by Gasteiger charge is 2.16. The van der Waals surface area contributed by atoms with Crippen LogP contribution in [0.5, 0.6) is 5.75 Å². The number of nitrogens with two attached hydrogens (primary N) is 1. The van der Waals surface area contributed by atoms with Gasteiger partial charge < -0.3 is 15.2 Å². The van der Waals surface area contributed by atoms with Crippen molar-refractivity contribution < 1.29 is 9.47 Å². The summed E-state index contributed by atoms with van der Waals surface area (Å²) in [7, 11) is 0. The van der Waals surface area contributed by atoms with Gasteiger partial charge in [0.05, 0.1) is 0 Å². The summed E-state index contributed by atoms with van der Waals surface area (Å²) in [6.45, 7) is 0.991. The molecule has 0 radical (unpaired) electrons. The lowest BCUT2D eigenvalue weighted by Crippen LogP contribution is -2.16. The van der Waals surface area contributed by atoms with E-state index >= 15 is 0 Å². The van der Waals surface area contributed by atoms with Gasteiger partial charge in [-0.2, -0.15) is 0 Å². The van der Waals surface area contributed by atoms with Crippen molar-refractivity contribution in [2.75, 3.05) is 13.2 Å². The van der Waals surface area contributed by atoms with Gasteiger partial charge in [-0.15, -0.1) is 0 Å². The smallest absolute Gasteiger partial charge is 0.282 e. The number of hydrogen-bond donors (Lipinski definition) is 1. The first-order valence-corrected chi connectivity index (χ1v) is 5.38. The molecule has 0 saturated heterocycles. The minimum atomic E-state index is 0.00801. The molecule has 5 heteroatoms. The lowest BCUT2D eigenvalue weighted by Gasteiger charge is -2.08. The molecule has 0 amide bonds. The minimum Gasteiger partial charge on any atom is -0.491 e. The molecule has 1 aromatic carbocycles. The molecule has 0 saturated carbocycles. The quantitative estimate of drug-likeness (QED) is 0.907. The van der Waals surface area contributed by atoms with Crippen molar-refractivity contribution in [1.82, 2.24) is 0 Å². The van der Waals surface area contributed by atoms with Crippen LogP contribution in [0.3, 0.4) is 0 Å². The van der Waals surface area contributed by atoms with E-state index in [1.54, 1.807) is 0 Å². The van der Waals surface area contributed by atoms with Gasteiger partial charge in [-0.25, -0.2) is 4.99 Å². The van der Waals surface area contributed by atoms with E-state index in [4.69, 9.17) is 15.2 Å². The van der Waals surface area contributed by atoms with Gasteiger partial charge in [0.25, 0.3) is 6.02 Å². The number of aliphatic imine (C=N–C) groups is 1. The van der Waals surface area contributed by atoms with E-state index in [-0.39, 0.29) is 12.1 Å². The zero-order chi connectivity index (χ0) is 10.7. The summed E-state index contributed by atoms with van der Waals surface area (Å²) in [6.07, 6.45) is 0. The third-order valence-corrected chi connectivity index (χ3v) is 2.52. The molecular formula is C10H11BrN2O2. The zero-order valence-corrected chi connectivity index (χ0v) is 9.61. The van der Waals surface area contributed by atoms with Crippen molar-refractivity contribution in [3.63, 3.8) is 0 Å². The van der Waals surface area contributed by atoms with Crippen molar-refractivity contribution in [2.45, 2.75) is 6.04 Å². The number of hydrogen-bond acceptors (Lipinski definition) is 4. The molecule has 0 unspecified atom stereocenters. The fourth-order valence-electron chi connectivity index (χ4n) is 1.24. The molecule has 1 aliphatic rings. The molecule has 0 aliphatic carbocycles. The summed E-state index contributed by atoms with van der Waals surface area (Å²) in [4.78, 5) is 4.06. The monoisotopic (exact) mass is 270 g/mol. The van der Waals surface area contributed by atoms with Gasteiger partial charge in [0.2, 0.25) is 0 Å². The Kier molecular flexibility index (Phi) is 3.11. The van der Waals surface area contributed by atoms with Gasteiger partial charge in [-0.3, -0.25) is 0 Å². The third kappa shape index (κ3) is 2.86. The first kappa shape index (κ1) is 10.3. The molecule has 1 atom stereocenters. The molecule has 0 aromatic heterocycles. The van der Waals surface area contributed by atoms with Gasteiger partial charge in [0.15, 0.2) is 0 Å². The summed E-state index contributed by atoms with van der Waals surface area (Å²) in [5, 5.41) is 0. The van der Waals surface area contributed by atoms with Gasteiger partial charge in [-0.05, 0) is 24.3 Å². The largest absolute Gasteiger partial charge is 0.491 e. The lowest BCUT2D eigenvalue weighted by molar-refractivity contribution is 0.241. The van der Waals surface area contributed by atoms with E-state index < -0.39 is 0 Å². The Balaban J connectivity index is 1.86. The molecule has 2 rings (SSSR count). The van der Waals surface area contributed by atoms with E-state index in [0.717, 1.165) is 10.2 Å². The number of amidine groups is 1. The van der Waals surface area contributed by atoms with Crippen LogP contribution < -0.4 is 10.5 Å². The van der Waals surface area contributed by atoms with Crippen LogP contribution in [0, 0.1) is 0 Å². The van der Waals surface area contributed by atoms with Crippen LogP contribution in [0.2, 0.25) is 0 Å². The summed E-state index contributed by atoms with van der Waals surface area (Å²) >= 11 is 3.36. The summed E-state index contributed by atoms with van der Waals surface area (Å²) in [6, 6.07) is 7.91. The Labute approximate surface area is 96.2 Å². The maximum absolute atomic E-state index is 5.53. The fraction of sp³-hybridized carbons (Fsp3) is 0.300. The maximum atomic E-state index is 5.53. The second kappa shape index (κ2) is 4.53. The second-order valence-electron chi connectivity index (χ2n) is 3.20. The van der Waals surface area contributed by atoms with Gasteiger partial charge >= 0.3 is 0 Å². The third-order valence-electron chi connectivity index (χ3n) is 1.99. The van der Waals surface area contributed by atoms with E-state index in [2.05, 4.69) is 20.9 Å². The van der Waals surface area contributed by atoms with Crippen molar-refractivity contribution in [2.24, 2.45) is 10.7 Å². The first-order valence-electron chi connectivity index (χ1n) is 4.58. The van der Waals surface area contributed by atoms with E-state index in [1.807, 2.05) is 24.3 Å². The average Bonchev–Trinajstić information content (AvgIpc) is 2.64. The molecule has 2 N–H and O–H groups in total. The van der Waals surface area contributed by atoms with Crippen molar-refractivity contribution in [3.05, 3.63) is 28.7 Å². The Morgan fingerprint density at radius 2 is 2.20 bits per heavy atom. The van der Waals surface area contributed by atoms with Crippen molar-refractivity contribution >= 4 is 22.0 Å². The Hall–Kier alpha value is -1.23. The van der Waals surface area contributed by atoms with Crippen LogP contribution in [0.25, 0.3) is 0 Å². The van der Waals surface area contributed by atoms with Crippen molar-refractivity contribution in [3.8, 4) is 5.75 Å². The SMILES string of the molecule is NC1=N[C@H](COc2ccc(Br)cc2)CO1. The molecule has 1 heterocycles. The molecule has 80 valence electrons. The normalized spacial score (nSPS) is 19.5. The van der Waals surface area contributed by atoms with Gasteiger partial charge in [0, 0.05) is 4.47 Å². The standard InChI is InChI=1S/C10H11BrN2O2/c11-7-1-3-9(4-2-7)14-5-8-6-15-10(12)13-8/h1-4,8H,5-6H2,(H2,12,13)/t8-/m1/s1. The number of halogens is 1. The Morgan fingerprint density at radius 1 is 1.47 bits per heavy atom. The minimum absolute atomic E-state index is 0.00801. The number of benzene rings is 1. The molecule has 4 nitrogen and oxygen atoms in total.